The topological polar surface area (TPSA) is 0 Å². The van der Waals surface area contributed by atoms with Crippen LogP contribution in [0.5, 0.6) is 0 Å². The van der Waals surface area contributed by atoms with E-state index in [2.05, 4.69) is 90.9 Å². The van der Waals surface area contributed by atoms with Crippen molar-refractivity contribution in [2.75, 3.05) is 0 Å². The van der Waals surface area contributed by atoms with Crippen molar-refractivity contribution in [2.24, 2.45) is 0 Å². The van der Waals surface area contributed by atoms with Crippen molar-refractivity contribution in [3.8, 4) is 0 Å². The predicted octanol–water partition coefficient (Wildman–Crippen LogP) is 7.19. The van der Waals surface area contributed by atoms with E-state index in [0.29, 0.717) is 0 Å². The molecule has 0 unspecified atom stereocenters. The first kappa shape index (κ1) is 20.5. The Morgan fingerprint density at radius 3 is 1.83 bits per heavy atom. The molecule has 24 heavy (non-hydrogen) atoms. The van der Waals surface area contributed by atoms with E-state index in [1.807, 2.05) is 0 Å². The Labute approximate surface area is 150 Å². The molecule has 0 atom stereocenters. The Morgan fingerprint density at radius 2 is 1.29 bits per heavy atom. The van der Waals surface area contributed by atoms with E-state index in [1.54, 1.807) is 5.56 Å². The van der Waals surface area contributed by atoms with Gasteiger partial charge in [0, 0.05) is 0 Å². The SMILES string of the molecule is CCCc1c(C)cccc1C(C)(C)C.CCCc1ccccc1C. The maximum atomic E-state index is 2.29. The summed E-state index contributed by atoms with van der Waals surface area (Å²) in [7, 11) is 0. The molecule has 0 bridgehead atoms. The van der Waals surface area contributed by atoms with Gasteiger partial charge in [-0.05, 0) is 59.9 Å². The summed E-state index contributed by atoms with van der Waals surface area (Å²) in [5, 5.41) is 0. The van der Waals surface area contributed by atoms with E-state index in [4.69, 9.17) is 0 Å². The Bertz CT molecular complexity index is 614. The van der Waals surface area contributed by atoms with Gasteiger partial charge in [-0.3, -0.25) is 0 Å². The lowest BCUT2D eigenvalue weighted by atomic mass is 9.81. The fourth-order valence-corrected chi connectivity index (χ4v) is 3.15. The Kier molecular flexibility index (Phi) is 8.25. The predicted molar refractivity (Wildman–Crippen MR) is 109 cm³/mol. The van der Waals surface area contributed by atoms with Gasteiger partial charge >= 0.3 is 0 Å². The lowest BCUT2D eigenvalue weighted by molar-refractivity contribution is 0.580. The van der Waals surface area contributed by atoms with Crippen LogP contribution in [0.1, 0.15) is 75.3 Å². The summed E-state index contributed by atoms with van der Waals surface area (Å²) in [5.74, 6) is 0. The minimum Gasteiger partial charge on any atom is -0.0651 e. The summed E-state index contributed by atoms with van der Waals surface area (Å²) in [4.78, 5) is 0. The molecule has 2 rings (SSSR count). The van der Waals surface area contributed by atoms with Crippen LogP contribution >= 0.6 is 0 Å². The standard InChI is InChI=1S/C14H22.C10H14/c1-6-8-12-11(2)9-7-10-13(12)14(3,4)5;1-3-6-10-8-5-4-7-9(10)2/h7,9-10H,6,8H2,1-5H3;4-5,7-8H,3,6H2,1-2H3. The Hall–Kier alpha value is -1.56. The van der Waals surface area contributed by atoms with Gasteiger partial charge in [0.25, 0.3) is 0 Å². The van der Waals surface area contributed by atoms with Crippen LogP contribution < -0.4 is 0 Å². The van der Waals surface area contributed by atoms with Crippen molar-refractivity contribution in [3.05, 3.63) is 70.3 Å². The number of benzene rings is 2. The zero-order chi connectivity index (χ0) is 18.2. The van der Waals surface area contributed by atoms with Crippen LogP contribution in [-0.2, 0) is 18.3 Å². The quantitative estimate of drug-likeness (QED) is 0.558. The van der Waals surface area contributed by atoms with Gasteiger partial charge in [-0.2, -0.15) is 0 Å². The molecule has 0 nitrogen and oxygen atoms in total. The van der Waals surface area contributed by atoms with Crippen molar-refractivity contribution in [1.82, 2.24) is 0 Å². The molecule has 0 aromatic heterocycles. The summed E-state index contributed by atoms with van der Waals surface area (Å²) < 4.78 is 0. The molecular formula is C24H36. The van der Waals surface area contributed by atoms with Gasteiger partial charge in [0.1, 0.15) is 0 Å². The molecule has 0 heterocycles. The number of rotatable bonds is 4. The maximum Gasteiger partial charge on any atom is -0.0129 e. The van der Waals surface area contributed by atoms with Crippen LogP contribution in [0.3, 0.4) is 0 Å². The second kappa shape index (κ2) is 9.67. The van der Waals surface area contributed by atoms with E-state index in [0.717, 1.165) is 0 Å². The summed E-state index contributed by atoms with van der Waals surface area (Å²) in [5.41, 5.74) is 7.70. The number of hydrogen-bond donors (Lipinski definition) is 0. The average Bonchev–Trinajstić information content (AvgIpc) is 2.52. The second-order valence-corrected chi connectivity index (χ2v) is 7.78. The van der Waals surface area contributed by atoms with E-state index < -0.39 is 0 Å². The van der Waals surface area contributed by atoms with Crippen LogP contribution in [0.2, 0.25) is 0 Å². The van der Waals surface area contributed by atoms with E-state index >= 15 is 0 Å². The summed E-state index contributed by atoms with van der Waals surface area (Å²) in [6.07, 6.45) is 4.89. The van der Waals surface area contributed by atoms with E-state index in [9.17, 15) is 0 Å². The van der Waals surface area contributed by atoms with Gasteiger partial charge in [0.15, 0.2) is 0 Å². The number of aryl methyl sites for hydroxylation is 3. The normalized spacial score (nSPS) is 11.0. The minimum absolute atomic E-state index is 0.274. The third-order valence-electron chi connectivity index (χ3n) is 4.50. The largest absolute Gasteiger partial charge is 0.0651 e. The third kappa shape index (κ3) is 6.15. The fourth-order valence-electron chi connectivity index (χ4n) is 3.15. The van der Waals surface area contributed by atoms with Gasteiger partial charge in [0.2, 0.25) is 0 Å². The van der Waals surface area contributed by atoms with Crippen molar-refractivity contribution < 1.29 is 0 Å². The fraction of sp³-hybridized carbons (Fsp3) is 0.500. The smallest absolute Gasteiger partial charge is 0.0129 e. The van der Waals surface area contributed by atoms with E-state index in [1.165, 1.54) is 47.9 Å². The molecular weight excluding hydrogens is 288 g/mol. The van der Waals surface area contributed by atoms with E-state index in [-0.39, 0.29) is 5.41 Å². The molecule has 0 saturated heterocycles. The Morgan fingerprint density at radius 1 is 0.708 bits per heavy atom. The van der Waals surface area contributed by atoms with Crippen LogP contribution in [-0.4, -0.2) is 0 Å². The Balaban J connectivity index is 0.000000254. The van der Waals surface area contributed by atoms with Crippen molar-refractivity contribution in [3.63, 3.8) is 0 Å². The van der Waals surface area contributed by atoms with Gasteiger partial charge in [-0.15, -0.1) is 0 Å². The van der Waals surface area contributed by atoms with Crippen LogP contribution in [0.15, 0.2) is 42.5 Å². The summed E-state index contributed by atoms with van der Waals surface area (Å²) in [6.45, 7) is 15.7. The maximum absolute atomic E-state index is 2.29. The summed E-state index contributed by atoms with van der Waals surface area (Å²) >= 11 is 0. The van der Waals surface area contributed by atoms with Crippen LogP contribution in [0, 0.1) is 13.8 Å². The first-order valence-electron chi connectivity index (χ1n) is 9.44. The highest BCUT2D eigenvalue weighted by molar-refractivity contribution is 5.38. The van der Waals surface area contributed by atoms with Gasteiger partial charge < -0.3 is 0 Å². The average molecular weight is 325 g/mol. The zero-order valence-corrected chi connectivity index (χ0v) is 16.9. The van der Waals surface area contributed by atoms with Gasteiger partial charge in [0.05, 0.1) is 0 Å². The molecule has 0 radical (unpaired) electrons. The van der Waals surface area contributed by atoms with Crippen LogP contribution in [0.4, 0.5) is 0 Å². The highest BCUT2D eigenvalue weighted by Gasteiger charge is 2.17. The molecule has 0 N–H and O–H groups in total. The molecule has 132 valence electrons. The molecule has 0 amide bonds. The molecule has 0 fully saturated rings. The van der Waals surface area contributed by atoms with Crippen molar-refractivity contribution >= 4 is 0 Å². The highest BCUT2D eigenvalue weighted by atomic mass is 14.2. The first-order chi connectivity index (χ1) is 11.3. The highest BCUT2D eigenvalue weighted by Crippen LogP contribution is 2.28. The monoisotopic (exact) mass is 324 g/mol. The number of hydrogen-bond acceptors (Lipinski definition) is 0. The molecule has 0 aliphatic heterocycles. The second-order valence-electron chi connectivity index (χ2n) is 7.78. The molecule has 0 heteroatoms. The van der Waals surface area contributed by atoms with Crippen molar-refractivity contribution in [1.29, 1.82) is 0 Å². The molecule has 0 aliphatic rings. The molecule has 2 aromatic carbocycles. The molecule has 2 aromatic rings. The summed E-state index contributed by atoms with van der Waals surface area (Å²) in [6, 6.07) is 15.3. The lowest BCUT2D eigenvalue weighted by Crippen LogP contribution is -2.15. The van der Waals surface area contributed by atoms with Gasteiger partial charge in [-0.25, -0.2) is 0 Å². The third-order valence-corrected chi connectivity index (χ3v) is 4.50. The van der Waals surface area contributed by atoms with Crippen LogP contribution in [0.25, 0.3) is 0 Å². The molecule has 0 aliphatic carbocycles. The lowest BCUT2D eigenvalue weighted by Gasteiger charge is -2.24. The minimum atomic E-state index is 0.274. The molecule has 0 saturated carbocycles. The zero-order valence-electron chi connectivity index (χ0n) is 16.9. The molecule has 0 spiro atoms. The van der Waals surface area contributed by atoms with Crippen molar-refractivity contribution in [2.45, 2.75) is 79.6 Å². The van der Waals surface area contributed by atoms with Gasteiger partial charge in [-0.1, -0.05) is 89.9 Å². The first-order valence-corrected chi connectivity index (χ1v) is 9.44.